The molecule has 0 aromatic rings. The van der Waals surface area contributed by atoms with Gasteiger partial charge in [-0.05, 0) is 31.6 Å². The van der Waals surface area contributed by atoms with Crippen molar-refractivity contribution in [2.24, 2.45) is 11.3 Å². The third kappa shape index (κ3) is 2.21. The molecule has 1 atom stereocenters. The Morgan fingerprint density at radius 3 is 2.69 bits per heavy atom. The van der Waals surface area contributed by atoms with E-state index in [1.165, 1.54) is 0 Å². The number of nitriles is 1. The van der Waals surface area contributed by atoms with Crippen molar-refractivity contribution in [1.29, 1.82) is 5.26 Å². The third-order valence-corrected chi connectivity index (χ3v) is 2.83. The molecular weight excluding hydrogens is 158 g/mol. The zero-order valence-electron chi connectivity index (χ0n) is 8.29. The molecule has 0 spiro atoms. The van der Waals surface area contributed by atoms with Crippen LogP contribution in [0.3, 0.4) is 0 Å². The summed E-state index contributed by atoms with van der Waals surface area (Å²) < 4.78 is 0. The fourth-order valence-corrected chi connectivity index (χ4v) is 1.75. The van der Waals surface area contributed by atoms with Crippen LogP contribution in [0.4, 0.5) is 0 Å². The summed E-state index contributed by atoms with van der Waals surface area (Å²) in [5, 5.41) is 9.01. The van der Waals surface area contributed by atoms with Gasteiger partial charge in [-0.2, -0.15) is 5.26 Å². The van der Waals surface area contributed by atoms with Crippen molar-refractivity contribution in [2.75, 3.05) is 0 Å². The molecule has 0 saturated heterocycles. The average molecular weight is 175 g/mol. The first-order chi connectivity index (χ1) is 6.29. The second-order valence-electron chi connectivity index (χ2n) is 3.74. The molecule has 0 aromatic carbocycles. The van der Waals surface area contributed by atoms with E-state index in [0.717, 1.165) is 25.7 Å². The molecule has 0 radical (unpaired) electrons. The lowest BCUT2D eigenvalue weighted by molar-refractivity contribution is 0.454. The summed E-state index contributed by atoms with van der Waals surface area (Å²) in [4.78, 5) is 0. The quantitative estimate of drug-likeness (QED) is 0.587. The Hall–Kier alpha value is -1.03. The first-order valence-electron chi connectivity index (χ1n) is 4.98. The van der Waals surface area contributed by atoms with Gasteiger partial charge in [0.25, 0.3) is 0 Å². The zero-order valence-corrected chi connectivity index (χ0v) is 8.29. The Labute approximate surface area is 80.8 Å². The molecular formula is C12H17N. The molecule has 1 nitrogen and oxygen atoms in total. The molecule has 0 aromatic heterocycles. The van der Waals surface area contributed by atoms with Crippen molar-refractivity contribution < 1.29 is 0 Å². The van der Waals surface area contributed by atoms with Gasteiger partial charge < -0.3 is 0 Å². The highest BCUT2D eigenvalue weighted by atomic mass is 14.5. The SMILES string of the molecule is C=CC/C=C\C(CC)C1(C#N)CC1. The molecule has 1 saturated carbocycles. The van der Waals surface area contributed by atoms with Crippen molar-refractivity contribution in [3.8, 4) is 6.07 Å². The Balaban J connectivity index is 2.54. The Morgan fingerprint density at radius 2 is 2.31 bits per heavy atom. The molecule has 0 heterocycles. The van der Waals surface area contributed by atoms with E-state index in [1.54, 1.807) is 0 Å². The fourth-order valence-electron chi connectivity index (χ4n) is 1.75. The topological polar surface area (TPSA) is 23.8 Å². The Morgan fingerprint density at radius 1 is 1.62 bits per heavy atom. The largest absolute Gasteiger partial charge is 0.198 e. The van der Waals surface area contributed by atoms with Crippen LogP contribution in [-0.4, -0.2) is 0 Å². The van der Waals surface area contributed by atoms with Gasteiger partial charge in [-0.25, -0.2) is 0 Å². The van der Waals surface area contributed by atoms with E-state index in [1.807, 2.05) is 6.08 Å². The Bertz CT molecular complexity index is 240. The van der Waals surface area contributed by atoms with Crippen LogP contribution in [0.2, 0.25) is 0 Å². The maximum absolute atomic E-state index is 9.01. The molecule has 1 aliphatic rings. The van der Waals surface area contributed by atoms with Crippen LogP contribution >= 0.6 is 0 Å². The average Bonchev–Trinajstić information content (AvgIpc) is 2.93. The van der Waals surface area contributed by atoms with Crippen molar-refractivity contribution in [3.05, 3.63) is 24.8 Å². The van der Waals surface area contributed by atoms with E-state index >= 15 is 0 Å². The number of hydrogen-bond acceptors (Lipinski definition) is 1. The molecule has 0 amide bonds. The van der Waals surface area contributed by atoms with Gasteiger partial charge in [0, 0.05) is 0 Å². The van der Waals surface area contributed by atoms with Crippen molar-refractivity contribution >= 4 is 0 Å². The maximum Gasteiger partial charge on any atom is 0.0695 e. The zero-order chi connectivity index (χ0) is 9.73. The predicted octanol–water partition coefficient (Wildman–Crippen LogP) is 3.45. The molecule has 13 heavy (non-hydrogen) atoms. The normalized spacial score (nSPS) is 20.9. The van der Waals surface area contributed by atoms with Crippen LogP contribution in [0.25, 0.3) is 0 Å². The minimum atomic E-state index is -0.00752. The van der Waals surface area contributed by atoms with E-state index in [0.29, 0.717) is 5.92 Å². The van der Waals surface area contributed by atoms with Gasteiger partial charge in [0.2, 0.25) is 0 Å². The second-order valence-corrected chi connectivity index (χ2v) is 3.74. The minimum absolute atomic E-state index is 0.00752. The highest BCUT2D eigenvalue weighted by molar-refractivity contribution is 5.17. The number of allylic oxidation sites excluding steroid dienone is 3. The molecule has 0 bridgehead atoms. The molecule has 1 fully saturated rings. The van der Waals surface area contributed by atoms with Crippen LogP contribution in [0.5, 0.6) is 0 Å². The lowest BCUT2D eigenvalue weighted by atomic mass is 9.87. The second kappa shape index (κ2) is 4.28. The monoisotopic (exact) mass is 175 g/mol. The molecule has 1 rings (SSSR count). The standard InChI is InChI=1S/C12H17N/c1-3-5-6-7-11(4-2)12(10-13)8-9-12/h3,6-7,11H,1,4-5,8-9H2,2H3/b7-6-. The summed E-state index contributed by atoms with van der Waals surface area (Å²) in [7, 11) is 0. The van der Waals surface area contributed by atoms with Crippen LogP contribution in [-0.2, 0) is 0 Å². The van der Waals surface area contributed by atoms with Crippen molar-refractivity contribution in [1.82, 2.24) is 0 Å². The van der Waals surface area contributed by atoms with Crippen molar-refractivity contribution in [2.45, 2.75) is 32.6 Å². The molecule has 0 aliphatic heterocycles. The lowest BCUT2D eigenvalue weighted by Crippen LogP contribution is -2.10. The highest BCUT2D eigenvalue weighted by Gasteiger charge is 2.47. The number of nitrogens with zero attached hydrogens (tertiary/aromatic N) is 1. The molecule has 1 heteroatoms. The van der Waals surface area contributed by atoms with Crippen LogP contribution in [0.15, 0.2) is 24.8 Å². The molecule has 70 valence electrons. The van der Waals surface area contributed by atoms with Gasteiger partial charge in [0.15, 0.2) is 0 Å². The Kier molecular flexibility index (Phi) is 3.31. The summed E-state index contributed by atoms with van der Waals surface area (Å²) in [6.45, 7) is 5.82. The van der Waals surface area contributed by atoms with Gasteiger partial charge >= 0.3 is 0 Å². The summed E-state index contributed by atoms with van der Waals surface area (Å²) in [5.74, 6) is 0.456. The summed E-state index contributed by atoms with van der Waals surface area (Å²) in [6.07, 6.45) is 10.4. The van der Waals surface area contributed by atoms with E-state index in [9.17, 15) is 0 Å². The van der Waals surface area contributed by atoms with Gasteiger partial charge in [-0.15, -0.1) is 6.58 Å². The smallest absolute Gasteiger partial charge is 0.0695 e. The third-order valence-electron chi connectivity index (χ3n) is 2.83. The summed E-state index contributed by atoms with van der Waals surface area (Å²) in [6, 6.07) is 2.45. The van der Waals surface area contributed by atoms with Gasteiger partial charge in [-0.1, -0.05) is 25.2 Å². The predicted molar refractivity (Wildman–Crippen MR) is 55.0 cm³/mol. The minimum Gasteiger partial charge on any atom is -0.198 e. The van der Waals surface area contributed by atoms with Gasteiger partial charge in [0.05, 0.1) is 11.5 Å². The van der Waals surface area contributed by atoms with Crippen molar-refractivity contribution in [3.63, 3.8) is 0 Å². The van der Waals surface area contributed by atoms with Crippen LogP contribution in [0, 0.1) is 22.7 Å². The summed E-state index contributed by atoms with van der Waals surface area (Å²) in [5.41, 5.74) is -0.00752. The number of rotatable bonds is 5. The summed E-state index contributed by atoms with van der Waals surface area (Å²) >= 11 is 0. The highest BCUT2D eigenvalue weighted by Crippen LogP contribution is 2.53. The van der Waals surface area contributed by atoms with Crippen LogP contribution in [0.1, 0.15) is 32.6 Å². The number of hydrogen-bond donors (Lipinski definition) is 0. The van der Waals surface area contributed by atoms with E-state index < -0.39 is 0 Å². The first kappa shape index (κ1) is 10.1. The molecule has 1 unspecified atom stereocenters. The van der Waals surface area contributed by atoms with Gasteiger partial charge in [0.1, 0.15) is 0 Å². The van der Waals surface area contributed by atoms with E-state index in [-0.39, 0.29) is 5.41 Å². The maximum atomic E-state index is 9.01. The first-order valence-corrected chi connectivity index (χ1v) is 4.98. The lowest BCUT2D eigenvalue weighted by Gasteiger charge is -2.14. The van der Waals surface area contributed by atoms with Gasteiger partial charge in [-0.3, -0.25) is 0 Å². The van der Waals surface area contributed by atoms with E-state index in [4.69, 9.17) is 5.26 Å². The molecule has 0 N–H and O–H groups in total. The molecule has 1 aliphatic carbocycles. The van der Waals surface area contributed by atoms with Crippen LogP contribution < -0.4 is 0 Å². The fraction of sp³-hybridized carbons (Fsp3) is 0.583. The van der Waals surface area contributed by atoms with E-state index in [2.05, 4.69) is 31.7 Å².